The molecule has 1 aliphatic carbocycles. The van der Waals surface area contributed by atoms with Gasteiger partial charge < -0.3 is 14.6 Å². The van der Waals surface area contributed by atoms with E-state index >= 15 is 0 Å². The van der Waals surface area contributed by atoms with Gasteiger partial charge in [0.1, 0.15) is 17.4 Å². The number of benzene rings is 2. The number of pyridine rings is 1. The number of carbonyl (C=O) groups is 2. The first kappa shape index (κ1) is 18.2. The van der Waals surface area contributed by atoms with Crippen molar-refractivity contribution in [1.82, 2.24) is 14.9 Å². The summed E-state index contributed by atoms with van der Waals surface area (Å²) in [6, 6.07) is 6.87. The SMILES string of the molecule is [2H]c1c([2H])c([2H])c(CC2CCN(C(=O)c3cc(-c4nc5cc(NC(=O)[C@@H]6C[C@@H]6F)ccc5o4)ccn3)CC2)c([2H])c1[2H]. The van der Waals surface area contributed by atoms with Gasteiger partial charge in [-0.15, -0.1) is 0 Å². The van der Waals surface area contributed by atoms with Crippen molar-refractivity contribution in [2.75, 3.05) is 18.4 Å². The number of hydrogen-bond donors (Lipinski definition) is 1. The van der Waals surface area contributed by atoms with Gasteiger partial charge in [-0.25, -0.2) is 9.37 Å². The lowest BCUT2D eigenvalue weighted by atomic mass is 9.90. The lowest BCUT2D eigenvalue weighted by Crippen LogP contribution is -2.39. The highest BCUT2D eigenvalue weighted by Crippen LogP contribution is 2.35. The lowest BCUT2D eigenvalue weighted by molar-refractivity contribution is -0.117. The maximum Gasteiger partial charge on any atom is 0.272 e. The molecule has 2 atom stereocenters. The first-order valence-electron chi connectivity index (χ1n) is 14.8. The zero-order chi connectivity index (χ0) is 29.7. The summed E-state index contributed by atoms with van der Waals surface area (Å²) in [4.78, 5) is 35.8. The van der Waals surface area contributed by atoms with Gasteiger partial charge in [-0.05, 0) is 67.5 Å². The van der Waals surface area contributed by atoms with Crippen LogP contribution >= 0.6 is 0 Å². The van der Waals surface area contributed by atoms with Gasteiger partial charge in [0.15, 0.2) is 5.58 Å². The van der Waals surface area contributed by atoms with Crippen LogP contribution in [0.3, 0.4) is 0 Å². The molecule has 2 amide bonds. The third-order valence-corrected chi connectivity index (χ3v) is 6.88. The van der Waals surface area contributed by atoms with Crippen molar-refractivity contribution in [3.8, 4) is 11.5 Å². The van der Waals surface area contributed by atoms with E-state index in [1.807, 2.05) is 0 Å². The predicted molar refractivity (Wildman–Crippen MR) is 138 cm³/mol. The van der Waals surface area contributed by atoms with E-state index in [9.17, 15) is 14.0 Å². The van der Waals surface area contributed by atoms with E-state index in [2.05, 4.69) is 15.3 Å². The number of hydrogen-bond acceptors (Lipinski definition) is 5. The van der Waals surface area contributed by atoms with E-state index in [-0.39, 0.29) is 59.9 Å². The summed E-state index contributed by atoms with van der Waals surface area (Å²) in [6.07, 6.45) is 2.28. The summed E-state index contributed by atoms with van der Waals surface area (Å²) in [5, 5.41) is 2.70. The van der Waals surface area contributed by atoms with Crippen LogP contribution in [0.5, 0.6) is 0 Å². The molecule has 7 nitrogen and oxygen atoms in total. The van der Waals surface area contributed by atoms with Crippen molar-refractivity contribution in [3.05, 3.63) is 78.0 Å². The second-order valence-electron chi connectivity index (χ2n) is 9.52. The highest BCUT2D eigenvalue weighted by molar-refractivity contribution is 5.96. The number of amides is 2. The van der Waals surface area contributed by atoms with E-state index in [4.69, 9.17) is 11.3 Å². The molecular weight excluding hydrogens is 471 g/mol. The molecule has 1 saturated carbocycles. The number of nitrogens with one attached hydrogen (secondary N) is 1. The predicted octanol–water partition coefficient (Wildman–Crippen LogP) is 5.28. The van der Waals surface area contributed by atoms with Crippen molar-refractivity contribution in [2.24, 2.45) is 11.8 Å². The molecule has 6 rings (SSSR count). The summed E-state index contributed by atoms with van der Waals surface area (Å²) in [5.74, 6) is -0.844. The summed E-state index contributed by atoms with van der Waals surface area (Å²) >= 11 is 0. The van der Waals surface area contributed by atoms with Gasteiger partial charge in [0, 0.05) is 30.5 Å². The zero-order valence-corrected chi connectivity index (χ0v) is 19.9. The standard InChI is InChI=1S/C29H27FN4O3/c30-23-17-22(23)27(35)32-21-6-7-26-24(16-21)33-28(37-26)20-8-11-31-25(15-20)29(36)34-12-9-19(10-13-34)14-18-4-2-1-3-5-18/h1-8,11,15-16,19,22-23H,9-10,12-14,17H2,(H,32,35)/t22-,23+/m1/s1/i1D,2D,3D,4D,5D. The minimum absolute atomic E-state index is 0.0778. The molecule has 0 radical (unpaired) electrons. The zero-order valence-electron chi connectivity index (χ0n) is 24.9. The van der Waals surface area contributed by atoms with Crippen molar-refractivity contribution < 1.29 is 25.3 Å². The van der Waals surface area contributed by atoms with Gasteiger partial charge in [0.25, 0.3) is 5.91 Å². The van der Waals surface area contributed by atoms with Crippen molar-refractivity contribution in [2.45, 2.75) is 31.9 Å². The second-order valence-corrected chi connectivity index (χ2v) is 9.52. The Hall–Kier alpha value is -4.07. The fraction of sp³-hybridized carbons (Fsp3) is 0.310. The fourth-order valence-corrected chi connectivity index (χ4v) is 4.65. The summed E-state index contributed by atoms with van der Waals surface area (Å²) < 4.78 is 59.0. The molecule has 1 aliphatic heterocycles. The number of nitrogens with zero attached hydrogens (tertiary/aromatic N) is 3. The number of anilines is 1. The number of carbonyl (C=O) groups excluding carboxylic acids is 2. The van der Waals surface area contributed by atoms with Gasteiger partial charge >= 0.3 is 0 Å². The second kappa shape index (κ2) is 9.76. The Morgan fingerprint density at radius 2 is 1.92 bits per heavy atom. The minimum Gasteiger partial charge on any atom is -0.436 e. The number of likely N-dealkylation sites (tertiary alicyclic amines) is 1. The first-order chi connectivity index (χ1) is 20.1. The highest BCUT2D eigenvalue weighted by Gasteiger charge is 2.43. The Bertz CT molecular complexity index is 1690. The topological polar surface area (TPSA) is 88.3 Å². The normalized spacial score (nSPS) is 21.5. The maximum absolute atomic E-state index is 13.3. The van der Waals surface area contributed by atoms with Crippen LogP contribution in [-0.2, 0) is 11.2 Å². The van der Waals surface area contributed by atoms with E-state index in [1.165, 1.54) is 6.20 Å². The van der Waals surface area contributed by atoms with Gasteiger partial charge in [-0.3, -0.25) is 14.6 Å². The van der Waals surface area contributed by atoms with E-state index in [0.29, 0.717) is 60.3 Å². The molecule has 4 aromatic rings. The van der Waals surface area contributed by atoms with Gasteiger partial charge in [-0.1, -0.05) is 30.2 Å². The number of halogens is 1. The molecule has 37 heavy (non-hydrogen) atoms. The average Bonchev–Trinajstić information content (AvgIpc) is 3.59. The molecule has 2 aromatic carbocycles. The number of alkyl halides is 1. The Labute approximate surface area is 220 Å². The maximum atomic E-state index is 13.3. The molecule has 1 saturated heterocycles. The summed E-state index contributed by atoms with van der Waals surface area (Å²) in [7, 11) is 0. The summed E-state index contributed by atoms with van der Waals surface area (Å²) in [6.45, 7) is 0.908. The van der Waals surface area contributed by atoms with E-state index in [1.54, 1.807) is 35.2 Å². The molecule has 0 bridgehead atoms. The van der Waals surface area contributed by atoms with Crippen LogP contribution in [0.1, 0.15) is 42.2 Å². The molecule has 188 valence electrons. The third-order valence-electron chi connectivity index (χ3n) is 6.88. The molecule has 2 fully saturated rings. The molecule has 0 unspecified atom stereocenters. The number of aromatic nitrogens is 2. The third kappa shape index (κ3) is 5.09. The summed E-state index contributed by atoms with van der Waals surface area (Å²) in [5.41, 5.74) is 2.59. The molecular formula is C29H27FN4O3. The van der Waals surface area contributed by atoms with E-state index < -0.39 is 18.1 Å². The Morgan fingerprint density at radius 1 is 1.14 bits per heavy atom. The first-order valence-corrected chi connectivity index (χ1v) is 12.3. The van der Waals surface area contributed by atoms with Crippen LogP contribution in [0.2, 0.25) is 0 Å². The largest absolute Gasteiger partial charge is 0.436 e. The van der Waals surface area contributed by atoms with Crippen molar-refractivity contribution in [1.29, 1.82) is 0 Å². The Balaban J connectivity index is 1.12. The van der Waals surface area contributed by atoms with Crippen LogP contribution in [0.25, 0.3) is 22.6 Å². The van der Waals surface area contributed by atoms with Crippen LogP contribution in [-0.4, -0.2) is 45.9 Å². The number of oxazole rings is 1. The molecule has 2 aliphatic rings. The monoisotopic (exact) mass is 503 g/mol. The van der Waals surface area contributed by atoms with Crippen LogP contribution in [0, 0.1) is 11.8 Å². The smallest absolute Gasteiger partial charge is 0.272 e. The van der Waals surface area contributed by atoms with E-state index in [0.717, 1.165) is 0 Å². The Kier molecular flexibility index (Phi) is 4.81. The number of rotatable bonds is 6. The quantitative estimate of drug-likeness (QED) is 0.387. The number of piperidine rings is 1. The highest BCUT2D eigenvalue weighted by atomic mass is 19.1. The van der Waals surface area contributed by atoms with Crippen molar-refractivity contribution >= 4 is 28.6 Å². The van der Waals surface area contributed by atoms with Crippen molar-refractivity contribution in [3.63, 3.8) is 0 Å². The number of fused-ring (bicyclic) bond motifs is 1. The van der Waals surface area contributed by atoms with Crippen LogP contribution in [0.4, 0.5) is 10.1 Å². The van der Waals surface area contributed by atoms with Crippen LogP contribution in [0.15, 0.2) is 71.2 Å². The average molecular weight is 504 g/mol. The van der Waals surface area contributed by atoms with Gasteiger partial charge in [-0.2, -0.15) is 0 Å². The minimum atomic E-state index is -1.08. The lowest BCUT2D eigenvalue weighted by Gasteiger charge is -2.32. The van der Waals surface area contributed by atoms with Gasteiger partial charge in [0.2, 0.25) is 11.8 Å². The molecule has 0 spiro atoms. The van der Waals surface area contributed by atoms with Crippen LogP contribution < -0.4 is 5.32 Å². The molecule has 8 heteroatoms. The molecule has 3 heterocycles. The molecule has 1 N–H and O–H groups in total. The van der Waals surface area contributed by atoms with Gasteiger partial charge in [0.05, 0.1) is 12.8 Å². The molecule has 2 aromatic heterocycles. The fourth-order valence-electron chi connectivity index (χ4n) is 4.65. The Morgan fingerprint density at radius 3 is 2.68 bits per heavy atom.